The minimum atomic E-state index is -0.491. The number of aromatic nitrogens is 1. The molecule has 2 aromatic heterocycles. The van der Waals surface area contributed by atoms with Gasteiger partial charge in [-0.3, -0.25) is 4.79 Å². The number of aliphatic hydroxyl groups excluding tert-OH is 1. The van der Waals surface area contributed by atoms with Gasteiger partial charge in [-0.05, 0) is 23.8 Å². The Hall–Kier alpha value is -2.14. The summed E-state index contributed by atoms with van der Waals surface area (Å²) in [5, 5.41) is 9.72. The van der Waals surface area contributed by atoms with Crippen molar-refractivity contribution in [3.8, 4) is 0 Å². The van der Waals surface area contributed by atoms with E-state index < -0.39 is 11.4 Å². The smallest absolute Gasteiger partial charge is 0.292 e. The first-order valence-corrected chi connectivity index (χ1v) is 5.03. The number of halogens is 1. The summed E-state index contributed by atoms with van der Waals surface area (Å²) >= 11 is 0. The molecule has 3 aromatic rings. The SMILES string of the molecule is O=c1[nH]c2cc(CO)cc(F)c2c2ccoc12. The minimum absolute atomic E-state index is 0.105. The third-order valence-electron chi connectivity index (χ3n) is 2.72. The van der Waals surface area contributed by atoms with E-state index in [-0.39, 0.29) is 12.2 Å². The number of hydrogen-bond acceptors (Lipinski definition) is 3. The Balaban J connectivity index is 2.59. The van der Waals surface area contributed by atoms with E-state index in [0.29, 0.717) is 21.9 Å². The molecule has 0 radical (unpaired) electrons. The van der Waals surface area contributed by atoms with Gasteiger partial charge in [0.2, 0.25) is 0 Å². The van der Waals surface area contributed by atoms with Crippen molar-refractivity contribution in [1.82, 2.24) is 4.98 Å². The van der Waals surface area contributed by atoms with Crippen LogP contribution in [0.5, 0.6) is 0 Å². The third kappa shape index (κ3) is 1.36. The monoisotopic (exact) mass is 233 g/mol. The lowest BCUT2D eigenvalue weighted by Gasteiger charge is -2.03. The Morgan fingerprint density at radius 2 is 2.24 bits per heavy atom. The molecule has 2 N–H and O–H groups in total. The second-order valence-electron chi connectivity index (χ2n) is 3.78. The van der Waals surface area contributed by atoms with E-state index >= 15 is 0 Å². The van der Waals surface area contributed by atoms with E-state index in [1.807, 2.05) is 0 Å². The van der Waals surface area contributed by atoms with Crippen LogP contribution >= 0.6 is 0 Å². The van der Waals surface area contributed by atoms with Gasteiger partial charge in [-0.1, -0.05) is 0 Å². The van der Waals surface area contributed by atoms with E-state index in [4.69, 9.17) is 9.52 Å². The molecule has 5 heteroatoms. The number of rotatable bonds is 1. The molecule has 17 heavy (non-hydrogen) atoms. The molecule has 0 aliphatic carbocycles. The van der Waals surface area contributed by atoms with Crippen molar-refractivity contribution < 1.29 is 13.9 Å². The molecule has 2 heterocycles. The van der Waals surface area contributed by atoms with Crippen molar-refractivity contribution in [3.05, 3.63) is 46.2 Å². The number of H-pyrrole nitrogens is 1. The van der Waals surface area contributed by atoms with Gasteiger partial charge in [-0.2, -0.15) is 0 Å². The Morgan fingerprint density at radius 3 is 3.00 bits per heavy atom. The molecule has 0 fully saturated rings. The number of hydrogen-bond donors (Lipinski definition) is 2. The second-order valence-corrected chi connectivity index (χ2v) is 3.78. The molecular formula is C12H8FNO3. The van der Waals surface area contributed by atoms with Gasteiger partial charge in [-0.25, -0.2) is 4.39 Å². The maximum Gasteiger partial charge on any atom is 0.292 e. The molecule has 0 amide bonds. The van der Waals surface area contributed by atoms with Crippen LogP contribution in [0, 0.1) is 5.82 Å². The van der Waals surface area contributed by atoms with Crippen molar-refractivity contribution >= 4 is 21.9 Å². The summed E-state index contributed by atoms with van der Waals surface area (Å²) in [5.74, 6) is -0.491. The molecule has 0 aliphatic heterocycles. The van der Waals surface area contributed by atoms with Gasteiger partial charge in [0.15, 0.2) is 5.58 Å². The molecule has 0 atom stereocenters. The zero-order valence-corrected chi connectivity index (χ0v) is 8.66. The van der Waals surface area contributed by atoms with Crippen LogP contribution in [0.25, 0.3) is 21.9 Å². The fraction of sp³-hybridized carbons (Fsp3) is 0.0833. The highest BCUT2D eigenvalue weighted by molar-refractivity contribution is 6.03. The lowest BCUT2D eigenvalue weighted by atomic mass is 10.1. The van der Waals surface area contributed by atoms with Crippen LogP contribution in [0.1, 0.15) is 5.56 Å². The van der Waals surface area contributed by atoms with Crippen LogP contribution < -0.4 is 5.56 Å². The zero-order valence-electron chi connectivity index (χ0n) is 8.66. The van der Waals surface area contributed by atoms with E-state index in [9.17, 15) is 9.18 Å². The zero-order chi connectivity index (χ0) is 12.0. The number of benzene rings is 1. The first-order valence-electron chi connectivity index (χ1n) is 5.03. The summed E-state index contributed by atoms with van der Waals surface area (Å²) in [4.78, 5) is 14.2. The molecule has 0 saturated heterocycles. The van der Waals surface area contributed by atoms with Gasteiger partial charge in [0, 0.05) is 10.8 Å². The van der Waals surface area contributed by atoms with Crippen LogP contribution in [-0.2, 0) is 6.61 Å². The predicted octanol–water partition coefficient (Wildman–Crippen LogP) is 1.91. The van der Waals surface area contributed by atoms with Gasteiger partial charge >= 0.3 is 0 Å². The topological polar surface area (TPSA) is 66.2 Å². The highest BCUT2D eigenvalue weighted by Gasteiger charge is 2.12. The first kappa shape index (κ1) is 10.0. The number of furan rings is 1. The van der Waals surface area contributed by atoms with Crippen molar-refractivity contribution in [1.29, 1.82) is 0 Å². The molecule has 0 bridgehead atoms. The van der Waals surface area contributed by atoms with E-state index in [1.54, 1.807) is 12.1 Å². The summed E-state index contributed by atoms with van der Waals surface area (Å²) < 4.78 is 18.9. The summed E-state index contributed by atoms with van der Waals surface area (Å²) in [7, 11) is 0. The van der Waals surface area contributed by atoms with Crippen LogP contribution in [0.2, 0.25) is 0 Å². The number of aromatic amines is 1. The second kappa shape index (κ2) is 3.43. The van der Waals surface area contributed by atoms with Crippen molar-refractivity contribution in [3.63, 3.8) is 0 Å². The van der Waals surface area contributed by atoms with Crippen LogP contribution in [0.15, 0.2) is 33.7 Å². The fourth-order valence-corrected chi connectivity index (χ4v) is 1.99. The normalized spacial score (nSPS) is 11.4. The molecule has 86 valence electrons. The fourth-order valence-electron chi connectivity index (χ4n) is 1.99. The Morgan fingerprint density at radius 1 is 1.41 bits per heavy atom. The summed E-state index contributed by atoms with van der Waals surface area (Å²) in [6, 6.07) is 4.34. The summed E-state index contributed by atoms with van der Waals surface area (Å²) in [6.07, 6.45) is 1.35. The number of nitrogens with one attached hydrogen (secondary N) is 1. The quantitative estimate of drug-likeness (QED) is 0.674. The standard InChI is InChI=1S/C12H8FNO3/c13-8-3-6(5-15)4-9-10(8)7-1-2-17-11(7)12(16)14-9/h1-4,15H,5H2,(H,14,16). The maximum absolute atomic E-state index is 13.9. The van der Waals surface area contributed by atoms with Crippen LogP contribution in [0.4, 0.5) is 4.39 Å². The average molecular weight is 233 g/mol. The van der Waals surface area contributed by atoms with Gasteiger partial charge < -0.3 is 14.5 Å². The average Bonchev–Trinajstić information content (AvgIpc) is 2.77. The van der Waals surface area contributed by atoms with Crippen molar-refractivity contribution in [2.75, 3.05) is 0 Å². The highest BCUT2D eigenvalue weighted by atomic mass is 19.1. The molecule has 0 saturated carbocycles. The van der Waals surface area contributed by atoms with E-state index in [1.165, 1.54) is 12.3 Å². The van der Waals surface area contributed by atoms with Gasteiger partial charge in [0.25, 0.3) is 5.56 Å². The van der Waals surface area contributed by atoms with Crippen molar-refractivity contribution in [2.45, 2.75) is 6.61 Å². The molecule has 1 aromatic carbocycles. The molecule has 4 nitrogen and oxygen atoms in total. The largest absolute Gasteiger partial charge is 0.458 e. The van der Waals surface area contributed by atoms with Gasteiger partial charge in [-0.15, -0.1) is 0 Å². The minimum Gasteiger partial charge on any atom is -0.458 e. The number of aliphatic hydroxyl groups is 1. The first-order chi connectivity index (χ1) is 8.20. The van der Waals surface area contributed by atoms with Gasteiger partial charge in [0.05, 0.1) is 18.4 Å². The van der Waals surface area contributed by atoms with E-state index in [0.717, 1.165) is 0 Å². The lowest BCUT2D eigenvalue weighted by molar-refractivity contribution is 0.281. The molecular weight excluding hydrogens is 225 g/mol. The van der Waals surface area contributed by atoms with Crippen molar-refractivity contribution in [2.24, 2.45) is 0 Å². The molecule has 3 rings (SSSR count). The van der Waals surface area contributed by atoms with Crippen LogP contribution in [-0.4, -0.2) is 10.1 Å². The summed E-state index contributed by atoms with van der Waals surface area (Å²) in [6.45, 7) is -0.279. The molecule has 0 spiro atoms. The third-order valence-corrected chi connectivity index (χ3v) is 2.72. The molecule has 0 unspecified atom stereocenters. The van der Waals surface area contributed by atoms with Gasteiger partial charge in [0.1, 0.15) is 5.82 Å². The maximum atomic E-state index is 13.9. The lowest BCUT2D eigenvalue weighted by Crippen LogP contribution is -2.06. The molecule has 0 aliphatic rings. The predicted molar refractivity (Wildman–Crippen MR) is 60.2 cm³/mol. The Labute approximate surface area is 94.3 Å². The number of fused-ring (bicyclic) bond motifs is 3. The Bertz CT molecular complexity index is 772. The Kier molecular flexibility index (Phi) is 2.02. The highest BCUT2D eigenvalue weighted by Crippen LogP contribution is 2.25. The van der Waals surface area contributed by atoms with Crippen LogP contribution in [0.3, 0.4) is 0 Å². The summed E-state index contributed by atoms with van der Waals surface area (Å²) in [5.41, 5.74) is 0.460. The number of pyridine rings is 1. The van der Waals surface area contributed by atoms with E-state index in [2.05, 4.69) is 4.98 Å².